The summed E-state index contributed by atoms with van der Waals surface area (Å²) in [6, 6.07) is 33.0. The van der Waals surface area contributed by atoms with Crippen molar-refractivity contribution in [3.8, 4) is 11.3 Å². The largest absolute Gasteiger partial charge is 0.321 e. The molecule has 5 aromatic rings. The van der Waals surface area contributed by atoms with Crippen molar-refractivity contribution in [2.75, 3.05) is 16.4 Å². The molecule has 0 fully saturated rings. The number of hydrogen-bond acceptors (Lipinski definition) is 6. The summed E-state index contributed by atoms with van der Waals surface area (Å²) in [5.74, 6) is -0.804. The van der Waals surface area contributed by atoms with Crippen molar-refractivity contribution in [2.24, 2.45) is 0 Å². The monoisotopic (exact) mass is 668 g/mol. The molecule has 10 heteroatoms. The summed E-state index contributed by atoms with van der Waals surface area (Å²) >= 11 is 6.18. The number of thiazole rings is 1. The predicted molar refractivity (Wildman–Crippen MR) is 178 cm³/mol. The van der Waals surface area contributed by atoms with Crippen LogP contribution in [-0.2, 0) is 9.59 Å². The molecule has 0 aliphatic heterocycles. The van der Waals surface area contributed by atoms with Crippen molar-refractivity contribution in [3.63, 3.8) is 0 Å². The quantitative estimate of drug-likeness (QED) is 0.105. The van der Waals surface area contributed by atoms with E-state index in [1.165, 1.54) is 23.1 Å². The Labute approximate surface area is 265 Å². The van der Waals surface area contributed by atoms with Crippen molar-refractivity contribution >= 4 is 73.6 Å². The van der Waals surface area contributed by atoms with Crippen LogP contribution in [0.1, 0.15) is 15.9 Å². The zero-order valence-corrected chi connectivity index (χ0v) is 25.8. The zero-order valence-electron chi connectivity index (χ0n) is 22.6. The van der Waals surface area contributed by atoms with Crippen LogP contribution < -0.4 is 16.0 Å². The molecule has 7 nitrogen and oxygen atoms in total. The normalized spacial score (nSPS) is 11.0. The minimum atomic E-state index is -0.459. The molecule has 0 aliphatic rings. The lowest BCUT2D eigenvalue weighted by atomic mass is 10.1. The molecule has 0 bridgehead atoms. The summed E-state index contributed by atoms with van der Waals surface area (Å²) in [6.07, 6.45) is 1.63. The number of carbonyl (C=O) groups is 3. The van der Waals surface area contributed by atoms with Crippen molar-refractivity contribution < 1.29 is 14.4 Å². The number of benzene rings is 4. The van der Waals surface area contributed by atoms with Crippen molar-refractivity contribution in [3.05, 3.63) is 136 Å². The van der Waals surface area contributed by atoms with E-state index in [4.69, 9.17) is 0 Å². The number of amides is 3. The Morgan fingerprint density at radius 1 is 0.814 bits per heavy atom. The van der Waals surface area contributed by atoms with Crippen molar-refractivity contribution in [1.29, 1.82) is 0 Å². The summed E-state index contributed by atoms with van der Waals surface area (Å²) in [7, 11) is 0. The van der Waals surface area contributed by atoms with Gasteiger partial charge in [-0.3, -0.25) is 14.4 Å². The Morgan fingerprint density at radius 2 is 1.49 bits per heavy atom. The van der Waals surface area contributed by atoms with Gasteiger partial charge in [-0.25, -0.2) is 4.98 Å². The molecule has 0 unspecified atom stereocenters. The number of halogens is 1. The average Bonchev–Trinajstić information content (AvgIpc) is 3.50. The van der Waals surface area contributed by atoms with Crippen molar-refractivity contribution in [2.45, 2.75) is 4.90 Å². The van der Waals surface area contributed by atoms with Crippen LogP contribution >= 0.6 is 39.0 Å². The SMILES string of the molecule is O=C(CSc1ccc(NC(=O)/C(=C/c2ccccc2)NC(=O)c2ccccc2)cc1)Nc1nc(-c2ccc(Br)cc2)cs1. The number of rotatable bonds is 10. The molecule has 1 aromatic heterocycles. The average molecular weight is 670 g/mol. The van der Waals surface area contributed by atoms with Gasteiger partial charge in [0.05, 0.1) is 11.4 Å². The first-order valence-corrected chi connectivity index (χ1v) is 15.8. The first-order valence-electron chi connectivity index (χ1n) is 13.1. The van der Waals surface area contributed by atoms with Crippen LogP contribution in [0.25, 0.3) is 17.3 Å². The third kappa shape index (κ3) is 8.74. The molecule has 1 heterocycles. The lowest BCUT2D eigenvalue weighted by Crippen LogP contribution is -2.30. The molecule has 0 saturated heterocycles. The summed E-state index contributed by atoms with van der Waals surface area (Å²) in [6.45, 7) is 0. The molecule has 5 rings (SSSR count). The van der Waals surface area contributed by atoms with Gasteiger partial charge in [0.15, 0.2) is 5.13 Å². The number of aromatic nitrogens is 1. The van der Waals surface area contributed by atoms with Crippen molar-refractivity contribution in [1.82, 2.24) is 10.3 Å². The highest BCUT2D eigenvalue weighted by molar-refractivity contribution is 9.10. The van der Waals surface area contributed by atoms with E-state index in [9.17, 15) is 14.4 Å². The van der Waals surface area contributed by atoms with E-state index in [0.717, 1.165) is 26.2 Å². The fourth-order valence-electron chi connectivity index (χ4n) is 3.88. The molecule has 214 valence electrons. The highest BCUT2D eigenvalue weighted by Crippen LogP contribution is 2.27. The number of hydrogen-bond donors (Lipinski definition) is 3. The Balaban J connectivity index is 1.17. The second-order valence-corrected chi connectivity index (χ2v) is 12.0. The van der Waals surface area contributed by atoms with Gasteiger partial charge in [0, 0.05) is 31.6 Å². The lowest BCUT2D eigenvalue weighted by Gasteiger charge is -2.12. The highest BCUT2D eigenvalue weighted by atomic mass is 79.9. The smallest absolute Gasteiger partial charge is 0.272 e. The Bertz CT molecular complexity index is 1740. The van der Waals surface area contributed by atoms with E-state index in [-0.39, 0.29) is 23.3 Å². The molecular weight excluding hydrogens is 644 g/mol. The van der Waals surface area contributed by atoms with Gasteiger partial charge < -0.3 is 16.0 Å². The molecular formula is C33H25BrN4O3S2. The van der Waals surface area contributed by atoms with Gasteiger partial charge in [-0.05, 0) is 60.2 Å². The maximum atomic E-state index is 13.2. The molecule has 0 saturated carbocycles. The van der Waals surface area contributed by atoms with Crippen LogP contribution in [0.2, 0.25) is 0 Å². The van der Waals surface area contributed by atoms with Gasteiger partial charge in [0.1, 0.15) is 5.70 Å². The first kappa shape index (κ1) is 30.0. The van der Waals surface area contributed by atoms with Gasteiger partial charge >= 0.3 is 0 Å². The Kier molecular flexibility index (Phi) is 10.2. The van der Waals surface area contributed by atoms with E-state index in [1.807, 2.05) is 78.2 Å². The standard InChI is InChI=1S/C33H25BrN4O3S2/c34-25-13-11-23(12-14-25)29-20-43-33(37-29)38-30(39)21-42-27-17-15-26(16-18-27)35-32(41)28(19-22-7-3-1-4-8-22)36-31(40)24-9-5-2-6-10-24/h1-20H,21H2,(H,35,41)(H,36,40)(H,37,38,39)/b28-19-. The third-order valence-corrected chi connectivity index (χ3v) is 8.31. The number of carbonyl (C=O) groups excluding carboxylic acids is 3. The Morgan fingerprint density at radius 3 is 2.19 bits per heavy atom. The van der Waals surface area contributed by atoms with E-state index in [2.05, 4.69) is 36.9 Å². The predicted octanol–water partition coefficient (Wildman–Crippen LogP) is 7.71. The fourth-order valence-corrected chi connectivity index (χ4v) is 5.58. The minimum Gasteiger partial charge on any atom is -0.321 e. The third-order valence-electron chi connectivity index (χ3n) is 6.01. The maximum Gasteiger partial charge on any atom is 0.272 e. The summed E-state index contributed by atoms with van der Waals surface area (Å²) in [4.78, 5) is 43.9. The molecule has 3 N–H and O–H groups in total. The number of nitrogens with one attached hydrogen (secondary N) is 3. The fraction of sp³-hybridized carbons (Fsp3) is 0.0303. The number of thioether (sulfide) groups is 1. The lowest BCUT2D eigenvalue weighted by molar-refractivity contribution is -0.114. The highest BCUT2D eigenvalue weighted by Gasteiger charge is 2.15. The topological polar surface area (TPSA) is 100 Å². The van der Waals surface area contributed by atoms with E-state index >= 15 is 0 Å². The van der Waals surface area contributed by atoms with Gasteiger partial charge in [-0.2, -0.15) is 0 Å². The summed E-state index contributed by atoms with van der Waals surface area (Å²) in [5.41, 5.74) is 3.66. The Hall–Kier alpha value is -4.51. The second-order valence-electron chi connectivity index (χ2n) is 9.15. The second kappa shape index (κ2) is 14.6. The van der Waals surface area contributed by atoms with Gasteiger partial charge in [0.25, 0.3) is 11.8 Å². The summed E-state index contributed by atoms with van der Waals surface area (Å²) < 4.78 is 0.990. The van der Waals surface area contributed by atoms with Crippen LogP contribution in [0.5, 0.6) is 0 Å². The van der Waals surface area contributed by atoms with E-state index in [1.54, 1.807) is 42.5 Å². The van der Waals surface area contributed by atoms with Crippen LogP contribution in [0.15, 0.2) is 130 Å². The van der Waals surface area contributed by atoms with Gasteiger partial charge in [-0.15, -0.1) is 23.1 Å². The molecule has 4 aromatic carbocycles. The molecule has 0 aliphatic carbocycles. The first-order chi connectivity index (χ1) is 20.9. The van der Waals surface area contributed by atoms with Crippen LogP contribution in [-0.4, -0.2) is 28.5 Å². The summed E-state index contributed by atoms with van der Waals surface area (Å²) in [5, 5.41) is 10.9. The molecule has 3 amide bonds. The zero-order chi connectivity index (χ0) is 30.0. The number of anilines is 2. The molecule has 0 spiro atoms. The van der Waals surface area contributed by atoms with E-state index in [0.29, 0.717) is 16.4 Å². The number of nitrogens with zero attached hydrogens (tertiary/aromatic N) is 1. The van der Waals surface area contributed by atoms with E-state index < -0.39 is 5.91 Å². The van der Waals surface area contributed by atoms with Crippen LogP contribution in [0.3, 0.4) is 0 Å². The minimum absolute atomic E-state index is 0.112. The molecule has 0 radical (unpaired) electrons. The van der Waals surface area contributed by atoms with Crippen LogP contribution in [0, 0.1) is 0 Å². The van der Waals surface area contributed by atoms with Gasteiger partial charge in [0.2, 0.25) is 5.91 Å². The molecule has 43 heavy (non-hydrogen) atoms. The van der Waals surface area contributed by atoms with Crippen LogP contribution in [0.4, 0.5) is 10.8 Å². The maximum absolute atomic E-state index is 13.2. The molecule has 0 atom stereocenters. The van der Waals surface area contributed by atoms with Gasteiger partial charge in [-0.1, -0.05) is 76.6 Å².